The number of rotatable bonds is 2. The zero-order valence-corrected chi connectivity index (χ0v) is 14.1. The topological polar surface area (TPSA) is 86.8 Å². The maximum atomic E-state index is 14.6. The van der Waals surface area contributed by atoms with E-state index in [2.05, 4.69) is 5.32 Å². The Morgan fingerprint density at radius 1 is 0.962 bits per heavy atom. The first-order valence-electron chi connectivity index (χ1n) is 8.77. The van der Waals surface area contributed by atoms with E-state index in [9.17, 15) is 23.6 Å². The van der Waals surface area contributed by atoms with Gasteiger partial charge in [0, 0.05) is 19.5 Å². The second-order valence-electron chi connectivity index (χ2n) is 6.84. The number of anilines is 1. The fourth-order valence-electron chi connectivity index (χ4n) is 3.86. The zero-order chi connectivity index (χ0) is 18.4. The Hall–Kier alpha value is -2.77. The van der Waals surface area contributed by atoms with Crippen LogP contribution in [0.2, 0.25) is 0 Å². The van der Waals surface area contributed by atoms with Gasteiger partial charge >= 0.3 is 0 Å². The van der Waals surface area contributed by atoms with Gasteiger partial charge in [0.05, 0.1) is 16.8 Å². The molecule has 1 N–H and O–H groups in total. The molecule has 2 saturated heterocycles. The van der Waals surface area contributed by atoms with Gasteiger partial charge in [0.25, 0.3) is 11.8 Å². The zero-order valence-electron chi connectivity index (χ0n) is 14.1. The normalized spacial score (nSPS) is 23.3. The van der Waals surface area contributed by atoms with Gasteiger partial charge in [-0.2, -0.15) is 0 Å². The van der Waals surface area contributed by atoms with E-state index in [0.29, 0.717) is 18.8 Å². The molecule has 0 spiro atoms. The first-order chi connectivity index (χ1) is 12.5. The molecule has 1 unspecified atom stereocenters. The first-order valence-corrected chi connectivity index (χ1v) is 8.77. The molecular formula is C18H18FN3O4. The van der Waals surface area contributed by atoms with E-state index in [4.69, 9.17) is 0 Å². The second-order valence-corrected chi connectivity index (χ2v) is 6.84. The van der Waals surface area contributed by atoms with Gasteiger partial charge in [-0.25, -0.2) is 4.39 Å². The second kappa shape index (κ2) is 6.19. The average Bonchev–Trinajstić information content (AvgIpc) is 2.86. The van der Waals surface area contributed by atoms with E-state index in [1.54, 1.807) is 0 Å². The molecule has 0 aromatic heterocycles. The fourth-order valence-corrected chi connectivity index (χ4v) is 3.86. The summed E-state index contributed by atoms with van der Waals surface area (Å²) >= 11 is 0. The third kappa shape index (κ3) is 2.56. The van der Waals surface area contributed by atoms with Crippen molar-refractivity contribution in [3.63, 3.8) is 0 Å². The summed E-state index contributed by atoms with van der Waals surface area (Å²) in [5.74, 6) is -2.95. The molecule has 136 valence electrons. The molecule has 0 aliphatic carbocycles. The number of nitrogens with one attached hydrogen (secondary N) is 1. The number of imide groups is 2. The lowest BCUT2D eigenvalue weighted by Crippen LogP contribution is -2.54. The van der Waals surface area contributed by atoms with E-state index < -0.39 is 35.5 Å². The molecule has 1 atom stereocenters. The van der Waals surface area contributed by atoms with Crippen molar-refractivity contribution in [1.29, 1.82) is 0 Å². The smallest absolute Gasteiger partial charge is 0.262 e. The predicted octanol–water partition coefficient (Wildman–Crippen LogP) is 1.22. The van der Waals surface area contributed by atoms with Gasteiger partial charge in [0.2, 0.25) is 11.8 Å². The molecule has 0 radical (unpaired) electrons. The summed E-state index contributed by atoms with van der Waals surface area (Å²) in [6.07, 6.45) is 3.12. The largest absolute Gasteiger partial charge is 0.369 e. The number of piperidine rings is 2. The van der Waals surface area contributed by atoms with Crippen LogP contribution in [0, 0.1) is 5.82 Å². The average molecular weight is 359 g/mol. The highest BCUT2D eigenvalue weighted by atomic mass is 19.1. The van der Waals surface area contributed by atoms with Crippen LogP contribution in [0.5, 0.6) is 0 Å². The van der Waals surface area contributed by atoms with Crippen molar-refractivity contribution in [2.24, 2.45) is 0 Å². The number of carbonyl (C=O) groups is 4. The quantitative estimate of drug-likeness (QED) is 0.803. The number of amides is 4. The number of benzene rings is 1. The third-order valence-electron chi connectivity index (χ3n) is 5.20. The summed E-state index contributed by atoms with van der Waals surface area (Å²) in [6.45, 7) is 1.41. The molecule has 1 aromatic carbocycles. The van der Waals surface area contributed by atoms with Gasteiger partial charge in [-0.05, 0) is 37.8 Å². The van der Waals surface area contributed by atoms with Crippen LogP contribution in [0.4, 0.5) is 10.1 Å². The molecule has 8 heteroatoms. The Kier molecular flexibility index (Phi) is 3.97. The van der Waals surface area contributed by atoms with Crippen molar-refractivity contribution >= 4 is 29.3 Å². The minimum Gasteiger partial charge on any atom is -0.369 e. The van der Waals surface area contributed by atoms with E-state index in [1.807, 2.05) is 4.90 Å². The minimum absolute atomic E-state index is 0.0297. The summed E-state index contributed by atoms with van der Waals surface area (Å²) in [5, 5.41) is 2.14. The summed E-state index contributed by atoms with van der Waals surface area (Å²) in [7, 11) is 0. The molecule has 26 heavy (non-hydrogen) atoms. The highest BCUT2D eigenvalue weighted by Crippen LogP contribution is 2.33. The van der Waals surface area contributed by atoms with Crippen LogP contribution in [0.25, 0.3) is 0 Å². The van der Waals surface area contributed by atoms with Gasteiger partial charge in [0.1, 0.15) is 11.9 Å². The molecule has 3 aliphatic heterocycles. The number of carbonyl (C=O) groups excluding carboxylic acids is 4. The molecule has 3 aliphatic rings. The van der Waals surface area contributed by atoms with Gasteiger partial charge in [-0.3, -0.25) is 29.4 Å². The standard InChI is InChI=1S/C18H18FN3O4/c19-12-8-10-11(9-14(12)21-6-2-1-3-7-21)18(26)22(17(10)25)13-4-5-15(23)20-16(13)24/h8-9,13H,1-7H2,(H,20,23,24). The van der Waals surface area contributed by atoms with Gasteiger partial charge < -0.3 is 4.90 Å². The van der Waals surface area contributed by atoms with Crippen LogP contribution >= 0.6 is 0 Å². The van der Waals surface area contributed by atoms with Crippen molar-refractivity contribution in [2.75, 3.05) is 18.0 Å². The summed E-state index contributed by atoms with van der Waals surface area (Å²) < 4.78 is 14.6. The van der Waals surface area contributed by atoms with E-state index in [0.717, 1.165) is 30.2 Å². The molecule has 1 aromatic rings. The Morgan fingerprint density at radius 2 is 1.62 bits per heavy atom. The summed E-state index contributed by atoms with van der Waals surface area (Å²) in [4.78, 5) is 51.5. The molecule has 0 saturated carbocycles. The van der Waals surface area contributed by atoms with Crippen molar-refractivity contribution in [3.8, 4) is 0 Å². The highest BCUT2D eigenvalue weighted by Gasteiger charge is 2.45. The molecule has 2 fully saturated rings. The van der Waals surface area contributed by atoms with Crippen molar-refractivity contribution < 1.29 is 23.6 Å². The molecule has 0 bridgehead atoms. The minimum atomic E-state index is -1.04. The Labute approximate surface area is 149 Å². The van der Waals surface area contributed by atoms with Crippen molar-refractivity contribution in [3.05, 3.63) is 29.1 Å². The summed E-state index contributed by atoms with van der Waals surface area (Å²) in [6, 6.07) is 1.47. The lowest BCUT2D eigenvalue weighted by Gasteiger charge is -2.29. The number of hydrogen-bond acceptors (Lipinski definition) is 5. The molecule has 4 amide bonds. The fraction of sp³-hybridized carbons (Fsp3) is 0.444. The third-order valence-corrected chi connectivity index (χ3v) is 5.20. The van der Waals surface area contributed by atoms with Crippen LogP contribution in [-0.4, -0.2) is 47.7 Å². The van der Waals surface area contributed by atoms with Gasteiger partial charge in [-0.15, -0.1) is 0 Å². The van der Waals surface area contributed by atoms with Crippen LogP contribution in [0.1, 0.15) is 52.8 Å². The van der Waals surface area contributed by atoms with E-state index in [1.165, 1.54) is 6.07 Å². The number of hydrogen-bond donors (Lipinski definition) is 1. The van der Waals surface area contributed by atoms with E-state index >= 15 is 0 Å². The Bertz CT molecular complexity index is 832. The van der Waals surface area contributed by atoms with Crippen LogP contribution in [-0.2, 0) is 9.59 Å². The maximum absolute atomic E-state index is 14.6. The maximum Gasteiger partial charge on any atom is 0.262 e. The van der Waals surface area contributed by atoms with Gasteiger partial charge in [0.15, 0.2) is 0 Å². The number of nitrogens with zero attached hydrogens (tertiary/aromatic N) is 2. The Morgan fingerprint density at radius 3 is 2.27 bits per heavy atom. The number of fused-ring (bicyclic) bond motifs is 1. The van der Waals surface area contributed by atoms with Gasteiger partial charge in [-0.1, -0.05) is 0 Å². The van der Waals surface area contributed by atoms with Crippen molar-refractivity contribution in [1.82, 2.24) is 10.2 Å². The highest BCUT2D eigenvalue weighted by molar-refractivity contribution is 6.23. The lowest BCUT2D eigenvalue weighted by atomic mass is 10.0. The molecule has 3 heterocycles. The molecule has 7 nitrogen and oxygen atoms in total. The van der Waals surface area contributed by atoms with Crippen LogP contribution < -0.4 is 10.2 Å². The lowest BCUT2D eigenvalue weighted by molar-refractivity contribution is -0.136. The monoisotopic (exact) mass is 359 g/mol. The molecular weight excluding hydrogens is 341 g/mol. The SMILES string of the molecule is O=C1CCC(N2C(=O)c3cc(F)c(N4CCCCC4)cc3C2=O)C(=O)N1. The van der Waals surface area contributed by atoms with Crippen LogP contribution in [0.15, 0.2) is 12.1 Å². The Balaban J connectivity index is 1.68. The van der Waals surface area contributed by atoms with E-state index in [-0.39, 0.29) is 24.0 Å². The summed E-state index contributed by atoms with van der Waals surface area (Å²) in [5.41, 5.74) is 0.398. The number of halogens is 1. The molecule has 4 rings (SSSR count). The predicted molar refractivity (Wildman–Crippen MR) is 89.1 cm³/mol. The van der Waals surface area contributed by atoms with Crippen molar-refractivity contribution in [2.45, 2.75) is 38.1 Å². The van der Waals surface area contributed by atoms with Crippen LogP contribution in [0.3, 0.4) is 0 Å². The first kappa shape index (κ1) is 16.7.